The zero-order chi connectivity index (χ0) is 11.0. The Balaban J connectivity index is 2.94. The van der Waals surface area contributed by atoms with Gasteiger partial charge in [0.15, 0.2) is 0 Å². The van der Waals surface area contributed by atoms with Crippen LogP contribution in [0.25, 0.3) is 0 Å². The summed E-state index contributed by atoms with van der Waals surface area (Å²) in [6.07, 6.45) is -3.45. The molecule has 0 amide bonds. The molecule has 14 heavy (non-hydrogen) atoms. The Bertz CT molecular complexity index is 231. The molecular formula is C8H9Cl2F3O. The van der Waals surface area contributed by atoms with Gasteiger partial charge in [0.05, 0.1) is 5.41 Å². The van der Waals surface area contributed by atoms with Crippen molar-refractivity contribution in [3.8, 4) is 0 Å². The number of halogens is 5. The van der Waals surface area contributed by atoms with Crippen LogP contribution in [0.4, 0.5) is 13.2 Å². The van der Waals surface area contributed by atoms with Gasteiger partial charge in [-0.05, 0) is 12.8 Å². The van der Waals surface area contributed by atoms with Crippen LogP contribution in [0.1, 0.15) is 25.7 Å². The van der Waals surface area contributed by atoms with Crippen LogP contribution >= 0.6 is 23.2 Å². The number of ketones is 1. The van der Waals surface area contributed by atoms with Crippen molar-refractivity contribution in [3.63, 3.8) is 0 Å². The van der Waals surface area contributed by atoms with Crippen LogP contribution < -0.4 is 0 Å². The third-order valence-electron chi connectivity index (χ3n) is 2.62. The van der Waals surface area contributed by atoms with E-state index in [1.807, 2.05) is 0 Å². The fraction of sp³-hybridized carbons (Fsp3) is 0.875. The monoisotopic (exact) mass is 248 g/mol. The maximum Gasteiger partial charge on any atom is 0.450 e. The Labute approximate surface area is 89.6 Å². The molecule has 0 saturated heterocycles. The fourth-order valence-corrected chi connectivity index (χ4v) is 2.47. The van der Waals surface area contributed by atoms with Crippen molar-refractivity contribution in [2.45, 2.75) is 36.7 Å². The summed E-state index contributed by atoms with van der Waals surface area (Å²) in [4.78, 5) is 9.86. The van der Waals surface area contributed by atoms with Gasteiger partial charge in [0.1, 0.15) is 4.84 Å². The topological polar surface area (TPSA) is 17.1 Å². The molecule has 0 heterocycles. The maximum absolute atomic E-state index is 12.2. The Kier molecular flexibility index (Phi) is 3.37. The minimum atomic E-state index is -4.84. The molecule has 0 spiro atoms. The largest absolute Gasteiger partial charge is 0.450 e. The molecule has 82 valence electrons. The van der Waals surface area contributed by atoms with Gasteiger partial charge in [-0.25, -0.2) is 0 Å². The first-order valence-electron chi connectivity index (χ1n) is 4.20. The molecule has 0 aromatic carbocycles. The smallest absolute Gasteiger partial charge is 0.289 e. The zero-order valence-electron chi connectivity index (χ0n) is 7.20. The van der Waals surface area contributed by atoms with E-state index in [9.17, 15) is 18.0 Å². The molecule has 0 aromatic heterocycles. The van der Waals surface area contributed by atoms with Crippen molar-refractivity contribution < 1.29 is 18.0 Å². The van der Waals surface area contributed by atoms with E-state index in [2.05, 4.69) is 0 Å². The Morgan fingerprint density at radius 2 is 1.64 bits per heavy atom. The molecule has 1 aliphatic rings. The summed E-state index contributed by atoms with van der Waals surface area (Å²) in [5.41, 5.74) is -1.60. The molecular weight excluding hydrogens is 240 g/mol. The van der Waals surface area contributed by atoms with Crippen molar-refractivity contribution in [1.82, 2.24) is 0 Å². The van der Waals surface area contributed by atoms with E-state index in [4.69, 9.17) is 23.2 Å². The van der Waals surface area contributed by atoms with E-state index in [-0.39, 0.29) is 12.8 Å². The lowest BCUT2D eigenvalue weighted by molar-refractivity contribution is -0.181. The molecule has 0 aromatic rings. The van der Waals surface area contributed by atoms with Gasteiger partial charge in [0.25, 0.3) is 0 Å². The standard InChI is InChI=1S/C8H9Cl2F3O/c9-6(10)7(3-1-2-4-7)5(14)8(11,12)13/h6H,1-4H2. The zero-order valence-corrected chi connectivity index (χ0v) is 8.72. The number of alkyl halides is 5. The Morgan fingerprint density at radius 3 is 1.93 bits per heavy atom. The van der Waals surface area contributed by atoms with Crippen LogP contribution in [-0.4, -0.2) is 16.8 Å². The summed E-state index contributed by atoms with van der Waals surface area (Å²) >= 11 is 11.0. The van der Waals surface area contributed by atoms with Crippen molar-refractivity contribution in [1.29, 1.82) is 0 Å². The second-order valence-corrected chi connectivity index (χ2v) is 4.59. The molecule has 0 bridgehead atoms. The molecule has 0 atom stereocenters. The second-order valence-electron chi connectivity index (χ2n) is 3.49. The van der Waals surface area contributed by atoms with Crippen LogP contribution in [0, 0.1) is 5.41 Å². The summed E-state index contributed by atoms with van der Waals surface area (Å²) in [5.74, 6) is -1.78. The van der Waals surface area contributed by atoms with Gasteiger partial charge in [-0.3, -0.25) is 4.79 Å². The lowest BCUT2D eigenvalue weighted by atomic mass is 9.83. The highest BCUT2D eigenvalue weighted by molar-refractivity contribution is 6.46. The molecule has 0 unspecified atom stereocenters. The summed E-state index contributed by atoms with van der Waals surface area (Å²) < 4.78 is 36.7. The molecule has 0 aliphatic heterocycles. The van der Waals surface area contributed by atoms with E-state index in [0.717, 1.165) is 0 Å². The Hall–Kier alpha value is 0.0400. The number of Topliss-reactive ketones (excluding diaryl/α,β-unsaturated/α-hetero) is 1. The van der Waals surface area contributed by atoms with Crippen LogP contribution in [0.15, 0.2) is 0 Å². The fourth-order valence-electron chi connectivity index (χ4n) is 1.83. The number of rotatable bonds is 2. The molecule has 1 nitrogen and oxygen atoms in total. The van der Waals surface area contributed by atoms with E-state index < -0.39 is 22.2 Å². The molecule has 1 rings (SSSR count). The van der Waals surface area contributed by atoms with Gasteiger partial charge in [-0.15, -0.1) is 23.2 Å². The molecule has 6 heteroatoms. The number of hydrogen-bond acceptors (Lipinski definition) is 1. The lowest BCUT2D eigenvalue weighted by Gasteiger charge is -2.29. The molecule has 1 aliphatic carbocycles. The minimum Gasteiger partial charge on any atom is -0.289 e. The molecule has 1 saturated carbocycles. The number of carbonyl (C=O) groups is 1. The summed E-state index contributed by atoms with van der Waals surface area (Å²) in [6.45, 7) is 0. The van der Waals surface area contributed by atoms with Gasteiger partial charge in [0, 0.05) is 0 Å². The van der Waals surface area contributed by atoms with Gasteiger partial charge in [-0.1, -0.05) is 12.8 Å². The van der Waals surface area contributed by atoms with Gasteiger partial charge in [-0.2, -0.15) is 13.2 Å². The SMILES string of the molecule is O=C(C(F)(F)F)C1(C(Cl)Cl)CCCC1. The van der Waals surface area contributed by atoms with Crippen molar-refractivity contribution >= 4 is 29.0 Å². The average molecular weight is 249 g/mol. The first-order chi connectivity index (χ1) is 6.31. The summed E-state index contributed by atoms with van der Waals surface area (Å²) in [5, 5.41) is 0. The molecule has 1 fully saturated rings. The first-order valence-corrected chi connectivity index (χ1v) is 5.08. The molecule has 0 radical (unpaired) electrons. The van der Waals surface area contributed by atoms with Crippen molar-refractivity contribution in [2.24, 2.45) is 5.41 Å². The Morgan fingerprint density at radius 1 is 1.21 bits per heavy atom. The number of hydrogen-bond donors (Lipinski definition) is 0. The predicted octanol–water partition coefficient (Wildman–Crippen LogP) is 3.48. The quantitative estimate of drug-likeness (QED) is 0.684. The highest BCUT2D eigenvalue weighted by Crippen LogP contribution is 2.48. The summed E-state index contributed by atoms with van der Waals surface area (Å²) in [6, 6.07) is 0. The van der Waals surface area contributed by atoms with E-state index in [1.165, 1.54) is 0 Å². The third-order valence-corrected chi connectivity index (χ3v) is 3.46. The van der Waals surface area contributed by atoms with Crippen LogP contribution in [-0.2, 0) is 4.79 Å². The van der Waals surface area contributed by atoms with Crippen LogP contribution in [0.3, 0.4) is 0 Å². The maximum atomic E-state index is 12.2. The minimum absolute atomic E-state index is 0.128. The normalized spacial score (nSPS) is 21.6. The number of carbonyl (C=O) groups excluding carboxylic acids is 1. The highest BCUT2D eigenvalue weighted by Gasteiger charge is 2.56. The van der Waals surface area contributed by atoms with Crippen LogP contribution in [0.2, 0.25) is 0 Å². The predicted molar refractivity (Wildman–Crippen MR) is 47.5 cm³/mol. The van der Waals surface area contributed by atoms with Gasteiger partial charge in [0.2, 0.25) is 5.78 Å². The average Bonchev–Trinajstić information content (AvgIpc) is 2.50. The summed E-state index contributed by atoms with van der Waals surface area (Å²) in [7, 11) is 0. The second kappa shape index (κ2) is 3.89. The highest BCUT2D eigenvalue weighted by atomic mass is 35.5. The first kappa shape index (κ1) is 12.1. The third kappa shape index (κ3) is 2.01. The van der Waals surface area contributed by atoms with E-state index in [0.29, 0.717) is 12.8 Å². The lowest BCUT2D eigenvalue weighted by Crippen LogP contribution is -2.43. The van der Waals surface area contributed by atoms with Crippen molar-refractivity contribution in [2.75, 3.05) is 0 Å². The van der Waals surface area contributed by atoms with Gasteiger partial charge >= 0.3 is 6.18 Å². The van der Waals surface area contributed by atoms with E-state index in [1.54, 1.807) is 0 Å². The van der Waals surface area contributed by atoms with Crippen LogP contribution in [0.5, 0.6) is 0 Å². The van der Waals surface area contributed by atoms with Gasteiger partial charge < -0.3 is 0 Å². The van der Waals surface area contributed by atoms with Crippen molar-refractivity contribution in [3.05, 3.63) is 0 Å². The van der Waals surface area contributed by atoms with E-state index >= 15 is 0 Å². The molecule has 0 N–H and O–H groups in total.